The lowest BCUT2D eigenvalue weighted by Crippen LogP contribution is -2.60. The van der Waals surface area contributed by atoms with Gasteiger partial charge in [0, 0.05) is 6.61 Å². The number of ether oxygens (including phenoxy) is 4. The molecule has 356 valence electrons. The summed E-state index contributed by atoms with van der Waals surface area (Å²) >= 11 is 0. The Morgan fingerprint density at radius 1 is 0.629 bits per heavy atom. The second kappa shape index (κ2) is 39.8. The maximum atomic E-state index is 12.8. The molecular formula is C49H82O12S. The fraction of sp³-hybridized carbons (Fsp3) is 0.694. The summed E-state index contributed by atoms with van der Waals surface area (Å²) in [6, 6.07) is 0. The summed E-state index contributed by atoms with van der Waals surface area (Å²) in [6.45, 7) is 3.70. The lowest BCUT2D eigenvalue weighted by atomic mass is 9.99. The largest absolute Gasteiger partial charge is 0.457 e. The molecule has 0 amide bonds. The van der Waals surface area contributed by atoms with Gasteiger partial charge < -0.3 is 34.3 Å². The van der Waals surface area contributed by atoms with Crippen molar-refractivity contribution in [3.8, 4) is 0 Å². The van der Waals surface area contributed by atoms with Crippen LogP contribution in [0.1, 0.15) is 155 Å². The predicted molar refractivity (Wildman–Crippen MR) is 248 cm³/mol. The topological polar surface area (TPSA) is 178 Å². The van der Waals surface area contributed by atoms with Crippen molar-refractivity contribution in [3.63, 3.8) is 0 Å². The van der Waals surface area contributed by atoms with Crippen molar-refractivity contribution in [3.05, 3.63) is 85.1 Å². The number of esters is 1. The van der Waals surface area contributed by atoms with E-state index in [0.717, 1.165) is 57.8 Å². The number of carbonyl (C=O) groups is 1. The molecule has 1 rings (SSSR count). The SMILES string of the molecule is CC/C=C\C/C=C\C/C=C\C/C=C\C/C=C\CC(=O)OC(COCCCCCCCCCCCC/C=C\C/C=C\CCCCC)COC1OC(CO)C(O)C(OS(=O)(=O)O)C1O. The number of aliphatic hydroxyl groups is 3. The molecule has 62 heavy (non-hydrogen) atoms. The molecule has 0 aliphatic carbocycles. The van der Waals surface area contributed by atoms with Gasteiger partial charge in [-0.15, -0.1) is 0 Å². The lowest BCUT2D eigenvalue weighted by molar-refractivity contribution is -0.301. The van der Waals surface area contributed by atoms with Gasteiger partial charge in [0.25, 0.3) is 0 Å². The lowest BCUT2D eigenvalue weighted by Gasteiger charge is -2.41. The fourth-order valence-electron chi connectivity index (χ4n) is 6.54. The van der Waals surface area contributed by atoms with Gasteiger partial charge in [0.1, 0.15) is 30.5 Å². The third-order valence-corrected chi connectivity index (χ3v) is 10.5. The van der Waals surface area contributed by atoms with Crippen molar-refractivity contribution in [1.29, 1.82) is 0 Å². The highest BCUT2D eigenvalue weighted by Crippen LogP contribution is 2.26. The molecule has 0 aromatic heterocycles. The minimum Gasteiger partial charge on any atom is -0.457 e. The Hall–Kier alpha value is -2.72. The maximum Gasteiger partial charge on any atom is 0.397 e. The van der Waals surface area contributed by atoms with Crippen LogP contribution in [0.3, 0.4) is 0 Å². The van der Waals surface area contributed by atoms with Crippen LogP contribution in [0.4, 0.5) is 0 Å². The molecule has 12 nitrogen and oxygen atoms in total. The highest BCUT2D eigenvalue weighted by molar-refractivity contribution is 7.80. The normalized spacial score (nSPS) is 20.8. The molecule has 13 heteroatoms. The van der Waals surface area contributed by atoms with Crippen LogP contribution in [0, 0.1) is 0 Å². The van der Waals surface area contributed by atoms with Gasteiger partial charge >= 0.3 is 16.4 Å². The number of aliphatic hydroxyl groups excluding tert-OH is 3. The van der Waals surface area contributed by atoms with Gasteiger partial charge in [0.2, 0.25) is 0 Å². The number of hydrogen-bond donors (Lipinski definition) is 4. The van der Waals surface area contributed by atoms with Crippen LogP contribution >= 0.6 is 0 Å². The first-order chi connectivity index (χ1) is 30.1. The smallest absolute Gasteiger partial charge is 0.397 e. The zero-order chi connectivity index (χ0) is 45.4. The monoisotopic (exact) mass is 895 g/mol. The summed E-state index contributed by atoms with van der Waals surface area (Å²) in [7, 11) is -5.08. The van der Waals surface area contributed by atoms with E-state index in [1.807, 2.05) is 12.2 Å². The molecule has 0 bridgehead atoms. The molecular weight excluding hydrogens is 813 g/mol. The minimum atomic E-state index is -5.08. The molecule has 6 atom stereocenters. The molecule has 4 N–H and O–H groups in total. The molecule has 1 aliphatic heterocycles. The highest BCUT2D eigenvalue weighted by atomic mass is 32.3. The van der Waals surface area contributed by atoms with Crippen LogP contribution < -0.4 is 0 Å². The average Bonchev–Trinajstić information content (AvgIpc) is 3.24. The van der Waals surface area contributed by atoms with Crippen molar-refractivity contribution < 1.29 is 56.2 Å². The quantitative estimate of drug-likeness (QED) is 0.0199. The number of carbonyl (C=O) groups excluding carboxylic acids is 1. The van der Waals surface area contributed by atoms with Crippen LogP contribution in [0.15, 0.2) is 85.1 Å². The van der Waals surface area contributed by atoms with E-state index < -0.39 is 59.8 Å². The number of hydrogen-bond acceptors (Lipinski definition) is 11. The Labute approximate surface area is 374 Å². The Kier molecular flexibility index (Phi) is 36.8. The summed E-state index contributed by atoms with van der Waals surface area (Å²) in [5, 5.41) is 30.7. The molecule has 1 heterocycles. The van der Waals surface area contributed by atoms with Crippen molar-refractivity contribution in [2.24, 2.45) is 0 Å². The van der Waals surface area contributed by atoms with Crippen LogP contribution in [0.5, 0.6) is 0 Å². The second-order valence-corrected chi connectivity index (χ2v) is 16.7. The van der Waals surface area contributed by atoms with Gasteiger partial charge in [0.15, 0.2) is 6.29 Å². The van der Waals surface area contributed by atoms with Crippen molar-refractivity contribution >= 4 is 16.4 Å². The van der Waals surface area contributed by atoms with Gasteiger partial charge in [-0.2, -0.15) is 8.42 Å². The van der Waals surface area contributed by atoms with Gasteiger partial charge in [-0.05, 0) is 70.6 Å². The maximum absolute atomic E-state index is 12.8. The van der Waals surface area contributed by atoms with E-state index in [4.69, 9.17) is 23.5 Å². The first-order valence-electron chi connectivity index (χ1n) is 23.3. The van der Waals surface area contributed by atoms with Crippen molar-refractivity contribution in [2.75, 3.05) is 26.4 Å². The van der Waals surface area contributed by atoms with Gasteiger partial charge in [0.05, 0.1) is 26.2 Å². The number of unbranched alkanes of at least 4 members (excludes halogenated alkanes) is 13. The Morgan fingerprint density at radius 2 is 1.11 bits per heavy atom. The molecule has 0 aromatic rings. The summed E-state index contributed by atoms with van der Waals surface area (Å²) in [4.78, 5) is 12.8. The molecule has 0 saturated carbocycles. The third kappa shape index (κ3) is 32.9. The number of allylic oxidation sites excluding steroid dienone is 13. The summed E-state index contributed by atoms with van der Waals surface area (Å²) in [5.41, 5.74) is 0. The van der Waals surface area contributed by atoms with Gasteiger partial charge in [-0.25, -0.2) is 4.18 Å². The van der Waals surface area contributed by atoms with Crippen LogP contribution in [-0.4, -0.2) is 97.5 Å². The van der Waals surface area contributed by atoms with E-state index in [1.54, 1.807) is 6.08 Å². The third-order valence-electron chi connectivity index (χ3n) is 10.0. The Bertz CT molecular complexity index is 1400. The number of rotatable bonds is 39. The standard InChI is InChI=1S/C49H82O12S/c1-3-5-7-9-11-13-15-17-19-20-21-22-23-25-27-29-31-33-35-37-39-57-41-43(42-58-49-47(53)48(61-62(54,55)56)46(52)44(40-50)60-49)59-45(51)38-36-34-32-30-28-26-24-18-16-14-12-10-8-6-4-2/h6,8,11-14,17-19,24,28,30,34,36,43-44,46-50,52-53H,3-5,7,9-10,15-16,20-23,25-27,29,31-33,35,37-42H2,1-2H3,(H,54,55,56)/b8-6-,13-11-,14-12-,19-17-,24-18-,30-28-,36-34-. The fourth-order valence-corrected chi connectivity index (χ4v) is 7.05. The molecule has 0 aromatic carbocycles. The van der Waals surface area contributed by atoms with E-state index in [2.05, 4.69) is 84.9 Å². The first kappa shape index (κ1) is 57.3. The summed E-state index contributed by atoms with van der Waals surface area (Å²) < 4.78 is 58.9. The van der Waals surface area contributed by atoms with E-state index in [-0.39, 0.29) is 19.6 Å². The second-order valence-electron chi connectivity index (χ2n) is 15.6. The zero-order valence-corrected chi connectivity index (χ0v) is 38.7. The average molecular weight is 895 g/mol. The molecule has 1 saturated heterocycles. The first-order valence-corrected chi connectivity index (χ1v) is 24.7. The zero-order valence-electron chi connectivity index (χ0n) is 37.9. The van der Waals surface area contributed by atoms with Crippen LogP contribution in [-0.2, 0) is 38.3 Å². The predicted octanol–water partition coefficient (Wildman–Crippen LogP) is 10.1. The van der Waals surface area contributed by atoms with E-state index >= 15 is 0 Å². The molecule has 0 spiro atoms. The molecule has 1 aliphatic rings. The van der Waals surface area contributed by atoms with Crippen molar-refractivity contribution in [2.45, 2.75) is 192 Å². The minimum absolute atomic E-state index is 0.00430. The summed E-state index contributed by atoms with van der Waals surface area (Å²) in [5.74, 6) is -0.529. The van der Waals surface area contributed by atoms with Gasteiger partial charge in [-0.3, -0.25) is 9.35 Å². The Balaban J connectivity index is 2.46. The Morgan fingerprint density at radius 3 is 1.63 bits per heavy atom. The van der Waals surface area contributed by atoms with Crippen LogP contribution in [0.25, 0.3) is 0 Å². The van der Waals surface area contributed by atoms with Crippen LogP contribution in [0.2, 0.25) is 0 Å². The summed E-state index contributed by atoms with van der Waals surface area (Å²) in [6.07, 6.45) is 43.6. The molecule has 1 fully saturated rings. The molecule has 6 unspecified atom stereocenters. The van der Waals surface area contributed by atoms with Crippen molar-refractivity contribution in [1.82, 2.24) is 0 Å². The van der Waals surface area contributed by atoms with E-state index in [0.29, 0.717) is 13.0 Å². The van der Waals surface area contributed by atoms with Gasteiger partial charge in [-0.1, -0.05) is 163 Å². The van der Waals surface area contributed by atoms with E-state index in [9.17, 15) is 28.5 Å². The molecule has 0 radical (unpaired) electrons. The van der Waals surface area contributed by atoms with E-state index in [1.165, 1.54) is 70.6 Å². The highest BCUT2D eigenvalue weighted by Gasteiger charge is 2.48.